The average molecular weight is 297 g/mol. The van der Waals surface area contributed by atoms with Crippen molar-refractivity contribution < 1.29 is 4.39 Å². The smallest absolute Gasteiger partial charge is 0.123 e. The molecular weight excluding hydrogens is 282 g/mol. The highest BCUT2D eigenvalue weighted by Crippen LogP contribution is 2.36. The molecule has 0 nitrogen and oxygen atoms in total. The number of aryl methyl sites for hydroxylation is 3. The Balaban J connectivity index is 2.49. The van der Waals surface area contributed by atoms with E-state index >= 15 is 0 Å². The van der Waals surface area contributed by atoms with E-state index in [1.54, 1.807) is 6.07 Å². The zero-order valence-electron chi connectivity index (χ0n) is 11.1. The molecule has 0 aliphatic carbocycles. The molecule has 0 saturated heterocycles. The minimum atomic E-state index is -0.368. The summed E-state index contributed by atoms with van der Waals surface area (Å²) in [6.45, 7) is 5.89. The van der Waals surface area contributed by atoms with Crippen LogP contribution >= 0.6 is 23.2 Å². The van der Waals surface area contributed by atoms with E-state index < -0.39 is 0 Å². The van der Waals surface area contributed by atoms with Gasteiger partial charge in [-0.25, -0.2) is 4.39 Å². The predicted molar refractivity (Wildman–Crippen MR) is 79.8 cm³/mol. The number of alkyl halides is 1. The Morgan fingerprint density at radius 3 is 2.16 bits per heavy atom. The van der Waals surface area contributed by atoms with E-state index in [-0.39, 0.29) is 11.2 Å². The summed E-state index contributed by atoms with van der Waals surface area (Å²) < 4.78 is 13.1. The zero-order valence-corrected chi connectivity index (χ0v) is 12.6. The first-order valence-electron chi connectivity index (χ1n) is 6.07. The van der Waals surface area contributed by atoms with Crippen LogP contribution in [0.15, 0.2) is 30.3 Å². The summed E-state index contributed by atoms with van der Waals surface area (Å²) in [6.07, 6.45) is 0. The van der Waals surface area contributed by atoms with E-state index in [4.69, 9.17) is 23.2 Å². The molecule has 2 aromatic rings. The largest absolute Gasteiger partial charge is 0.207 e. The second kappa shape index (κ2) is 5.52. The van der Waals surface area contributed by atoms with Gasteiger partial charge in [0, 0.05) is 5.02 Å². The van der Waals surface area contributed by atoms with Gasteiger partial charge >= 0.3 is 0 Å². The summed E-state index contributed by atoms with van der Waals surface area (Å²) in [5, 5.41) is 0.277. The SMILES string of the molecule is Cc1cc(Cl)c(C(Cl)c2ccc(F)cc2C)cc1C. The molecule has 0 heterocycles. The normalized spacial score (nSPS) is 12.5. The maximum atomic E-state index is 13.1. The van der Waals surface area contributed by atoms with Crippen molar-refractivity contribution in [3.63, 3.8) is 0 Å². The van der Waals surface area contributed by atoms with Crippen LogP contribution in [-0.2, 0) is 0 Å². The highest BCUT2D eigenvalue weighted by molar-refractivity contribution is 6.33. The fourth-order valence-corrected chi connectivity index (χ4v) is 2.90. The Kier molecular flexibility index (Phi) is 4.17. The summed E-state index contributed by atoms with van der Waals surface area (Å²) in [6, 6.07) is 8.54. The predicted octanol–water partition coefficient (Wildman–Crippen LogP) is 5.73. The first kappa shape index (κ1) is 14.4. The fourth-order valence-electron chi connectivity index (χ4n) is 2.09. The highest BCUT2D eigenvalue weighted by atomic mass is 35.5. The van der Waals surface area contributed by atoms with Crippen molar-refractivity contribution in [1.82, 2.24) is 0 Å². The van der Waals surface area contributed by atoms with Crippen molar-refractivity contribution >= 4 is 23.2 Å². The molecule has 100 valence electrons. The van der Waals surface area contributed by atoms with Gasteiger partial charge in [-0.1, -0.05) is 23.7 Å². The standard InChI is InChI=1S/C16H15Cl2F/c1-9-7-14(15(17)8-10(9)2)16(18)13-5-4-12(19)6-11(13)3/h4-8,16H,1-3H3. The average Bonchev–Trinajstić information content (AvgIpc) is 2.33. The third-order valence-electron chi connectivity index (χ3n) is 3.39. The van der Waals surface area contributed by atoms with Crippen LogP contribution in [0.1, 0.15) is 33.2 Å². The summed E-state index contributed by atoms with van der Waals surface area (Å²) in [5.74, 6) is -0.253. The van der Waals surface area contributed by atoms with Crippen LogP contribution in [0.5, 0.6) is 0 Å². The van der Waals surface area contributed by atoms with Crippen molar-refractivity contribution in [2.24, 2.45) is 0 Å². The molecule has 0 aromatic heterocycles. The van der Waals surface area contributed by atoms with E-state index in [2.05, 4.69) is 0 Å². The van der Waals surface area contributed by atoms with Crippen molar-refractivity contribution in [3.8, 4) is 0 Å². The van der Waals surface area contributed by atoms with Gasteiger partial charge in [0.15, 0.2) is 0 Å². The summed E-state index contributed by atoms with van der Waals surface area (Å²) in [4.78, 5) is 0. The van der Waals surface area contributed by atoms with Crippen molar-refractivity contribution in [2.45, 2.75) is 26.1 Å². The van der Waals surface area contributed by atoms with Crippen LogP contribution in [0.2, 0.25) is 5.02 Å². The quantitative estimate of drug-likeness (QED) is 0.621. The fraction of sp³-hybridized carbons (Fsp3) is 0.250. The Morgan fingerprint density at radius 1 is 0.895 bits per heavy atom. The van der Waals surface area contributed by atoms with Crippen LogP contribution in [0, 0.1) is 26.6 Å². The van der Waals surface area contributed by atoms with E-state index in [1.165, 1.54) is 12.1 Å². The topological polar surface area (TPSA) is 0 Å². The molecule has 2 aromatic carbocycles. The molecule has 0 amide bonds. The molecule has 0 spiro atoms. The lowest BCUT2D eigenvalue weighted by Crippen LogP contribution is -1.99. The van der Waals surface area contributed by atoms with Gasteiger partial charge in [0.1, 0.15) is 5.82 Å². The molecule has 0 aliphatic heterocycles. The molecule has 3 heteroatoms. The van der Waals surface area contributed by atoms with Crippen molar-refractivity contribution in [3.05, 3.63) is 69.0 Å². The van der Waals surface area contributed by atoms with Crippen LogP contribution in [0.3, 0.4) is 0 Å². The number of rotatable bonds is 2. The minimum absolute atomic E-state index is 0.253. The molecule has 0 bridgehead atoms. The second-order valence-corrected chi connectivity index (χ2v) is 5.67. The van der Waals surface area contributed by atoms with E-state index in [0.717, 1.165) is 27.8 Å². The summed E-state index contributed by atoms with van der Waals surface area (Å²) in [5.41, 5.74) is 4.85. The minimum Gasteiger partial charge on any atom is -0.207 e. The Bertz CT molecular complexity index is 620. The number of hydrogen-bond acceptors (Lipinski definition) is 0. The third-order valence-corrected chi connectivity index (χ3v) is 4.19. The van der Waals surface area contributed by atoms with Crippen LogP contribution in [-0.4, -0.2) is 0 Å². The van der Waals surface area contributed by atoms with Crippen LogP contribution in [0.25, 0.3) is 0 Å². The Hall–Kier alpha value is -1.05. The van der Waals surface area contributed by atoms with Crippen molar-refractivity contribution in [1.29, 1.82) is 0 Å². The maximum absolute atomic E-state index is 13.1. The molecule has 0 N–H and O–H groups in total. The third kappa shape index (κ3) is 2.93. The molecule has 1 atom stereocenters. The molecule has 1 unspecified atom stereocenters. The van der Waals surface area contributed by atoms with E-state index in [1.807, 2.05) is 32.9 Å². The lowest BCUT2D eigenvalue weighted by atomic mass is 9.97. The lowest BCUT2D eigenvalue weighted by molar-refractivity contribution is 0.625. The van der Waals surface area contributed by atoms with Gasteiger partial charge in [0.25, 0.3) is 0 Å². The molecule has 0 radical (unpaired) electrons. The monoisotopic (exact) mass is 296 g/mol. The molecule has 0 saturated carbocycles. The molecule has 0 aliphatic rings. The Morgan fingerprint density at radius 2 is 1.53 bits per heavy atom. The lowest BCUT2D eigenvalue weighted by Gasteiger charge is -2.16. The van der Waals surface area contributed by atoms with Crippen molar-refractivity contribution in [2.75, 3.05) is 0 Å². The highest BCUT2D eigenvalue weighted by Gasteiger charge is 2.17. The molecule has 0 fully saturated rings. The van der Waals surface area contributed by atoms with Gasteiger partial charge in [0.05, 0.1) is 5.38 Å². The summed E-state index contributed by atoms with van der Waals surface area (Å²) >= 11 is 12.8. The number of benzene rings is 2. The summed E-state index contributed by atoms with van der Waals surface area (Å²) in [7, 11) is 0. The van der Waals surface area contributed by atoms with Gasteiger partial charge in [0.2, 0.25) is 0 Å². The number of halogens is 3. The first-order valence-corrected chi connectivity index (χ1v) is 6.88. The van der Waals surface area contributed by atoms with Gasteiger partial charge in [-0.3, -0.25) is 0 Å². The van der Waals surface area contributed by atoms with Gasteiger partial charge in [-0.05, 0) is 66.8 Å². The van der Waals surface area contributed by atoms with Gasteiger partial charge in [-0.2, -0.15) is 0 Å². The van der Waals surface area contributed by atoms with Crippen LogP contribution in [0.4, 0.5) is 4.39 Å². The van der Waals surface area contributed by atoms with E-state index in [0.29, 0.717) is 5.02 Å². The maximum Gasteiger partial charge on any atom is 0.123 e. The van der Waals surface area contributed by atoms with Gasteiger partial charge < -0.3 is 0 Å². The molecule has 2 rings (SSSR count). The Labute approximate surface area is 123 Å². The first-order chi connectivity index (χ1) is 8.90. The van der Waals surface area contributed by atoms with Crippen LogP contribution < -0.4 is 0 Å². The molecular formula is C16H15Cl2F. The number of hydrogen-bond donors (Lipinski definition) is 0. The van der Waals surface area contributed by atoms with Gasteiger partial charge in [-0.15, -0.1) is 11.6 Å². The van der Waals surface area contributed by atoms with E-state index in [9.17, 15) is 4.39 Å². The second-order valence-electron chi connectivity index (χ2n) is 4.82. The molecule has 19 heavy (non-hydrogen) atoms. The zero-order chi connectivity index (χ0) is 14.2.